The summed E-state index contributed by atoms with van der Waals surface area (Å²) in [4.78, 5) is 0. The molecule has 0 aliphatic carbocycles. The third-order valence-corrected chi connectivity index (χ3v) is 4.64. The van der Waals surface area contributed by atoms with Gasteiger partial charge in [0.25, 0.3) is 0 Å². The summed E-state index contributed by atoms with van der Waals surface area (Å²) in [7, 11) is 0. The predicted molar refractivity (Wildman–Crippen MR) is 76.5 cm³/mol. The number of hydrogen-bond acceptors (Lipinski definition) is 3. The van der Waals surface area contributed by atoms with Crippen LogP contribution in [-0.2, 0) is 9.47 Å². The van der Waals surface area contributed by atoms with E-state index in [0.717, 1.165) is 55.7 Å². The maximum atomic E-state index is 6.15. The first kappa shape index (κ1) is 13.4. The first-order valence-electron chi connectivity index (χ1n) is 6.90. The summed E-state index contributed by atoms with van der Waals surface area (Å²) in [5.41, 5.74) is -0.0115. The second-order valence-electron chi connectivity index (χ2n) is 5.31. The molecule has 2 saturated heterocycles. The van der Waals surface area contributed by atoms with E-state index in [4.69, 9.17) is 14.2 Å². The van der Waals surface area contributed by atoms with Crippen LogP contribution in [0.1, 0.15) is 25.7 Å². The number of benzene rings is 1. The highest BCUT2D eigenvalue weighted by molar-refractivity contribution is 9.10. The smallest absolute Gasteiger partial charge is 0.133 e. The minimum absolute atomic E-state index is 0.0115. The largest absolute Gasteiger partial charge is 0.489 e. The van der Waals surface area contributed by atoms with E-state index >= 15 is 0 Å². The van der Waals surface area contributed by atoms with E-state index in [-0.39, 0.29) is 11.7 Å². The maximum absolute atomic E-state index is 6.15. The third kappa shape index (κ3) is 3.12. The average Bonchev–Trinajstić information content (AvgIpc) is 2.42. The number of ether oxygens (including phenoxy) is 3. The zero-order valence-electron chi connectivity index (χ0n) is 10.9. The zero-order chi connectivity index (χ0) is 13.1. The molecule has 1 spiro atoms. The summed E-state index contributed by atoms with van der Waals surface area (Å²) in [6, 6.07) is 8.03. The van der Waals surface area contributed by atoms with E-state index < -0.39 is 0 Å². The van der Waals surface area contributed by atoms with Gasteiger partial charge in [-0.3, -0.25) is 0 Å². The normalized spacial score (nSPS) is 26.3. The fourth-order valence-electron chi connectivity index (χ4n) is 2.90. The quantitative estimate of drug-likeness (QED) is 0.831. The van der Waals surface area contributed by atoms with E-state index in [1.54, 1.807) is 0 Å². The van der Waals surface area contributed by atoms with Crippen molar-refractivity contribution in [2.24, 2.45) is 0 Å². The van der Waals surface area contributed by atoms with Crippen LogP contribution in [0.25, 0.3) is 0 Å². The summed E-state index contributed by atoms with van der Waals surface area (Å²) in [5, 5.41) is 0. The fourth-order valence-corrected chi connectivity index (χ4v) is 3.27. The monoisotopic (exact) mass is 326 g/mol. The van der Waals surface area contributed by atoms with Crippen LogP contribution in [0.5, 0.6) is 5.75 Å². The van der Waals surface area contributed by atoms with Crippen molar-refractivity contribution in [2.75, 3.05) is 19.8 Å². The van der Waals surface area contributed by atoms with E-state index in [9.17, 15) is 0 Å². The lowest BCUT2D eigenvalue weighted by molar-refractivity contribution is -0.155. The first-order chi connectivity index (χ1) is 9.27. The van der Waals surface area contributed by atoms with E-state index in [1.807, 2.05) is 24.3 Å². The number of hydrogen-bond donors (Lipinski definition) is 0. The Hall–Kier alpha value is -0.580. The second kappa shape index (κ2) is 5.81. The van der Waals surface area contributed by atoms with Crippen molar-refractivity contribution in [2.45, 2.75) is 37.4 Å². The molecular weight excluding hydrogens is 308 g/mol. The molecule has 2 aliphatic heterocycles. The lowest BCUT2D eigenvalue weighted by Gasteiger charge is -2.43. The van der Waals surface area contributed by atoms with Crippen molar-refractivity contribution in [1.29, 1.82) is 0 Å². The molecule has 104 valence electrons. The number of halogens is 1. The molecule has 2 aliphatic rings. The van der Waals surface area contributed by atoms with Crippen molar-refractivity contribution in [3.8, 4) is 5.75 Å². The molecule has 3 rings (SSSR count). The average molecular weight is 327 g/mol. The van der Waals surface area contributed by atoms with Gasteiger partial charge in [0.05, 0.1) is 16.7 Å². The van der Waals surface area contributed by atoms with Gasteiger partial charge in [-0.25, -0.2) is 0 Å². The van der Waals surface area contributed by atoms with Crippen LogP contribution in [0.3, 0.4) is 0 Å². The molecule has 1 unspecified atom stereocenters. The molecule has 0 saturated carbocycles. The summed E-state index contributed by atoms with van der Waals surface area (Å²) in [6.07, 6.45) is 4.15. The van der Waals surface area contributed by atoms with Crippen molar-refractivity contribution in [1.82, 2.24) is 0 Å². The molecule has 0 bridgehead atoms. The molecule has 1 aromatic rings. The topological polar surface area (TPSA) is 27.7 Å². The molecule has 2 heterocycles. The second-order valence-corrected chi connectivity index (χ2v) is 6.16. The van der Waals surface area contributed by atoms with Crippen molar-refractivity contribution in [3.63, 3.8) is 0 Å². The van der Waals surface area contributed by atoms with Crippen LogP contribution < -0.4 is 4.74 Å². The third-order valence-electron chi connectivity index (χ3n) is 3.98. The van der Waals surface area contributed by atoms with Crippen LogP contribution in [0.4, 0.5) is 0 Å². The molecule has 0 aromatic heterocycles. The summed E-state index contributed by atoms with van der Waals surface area (Å²) in [5.74, 6) is 0.927. The van der Waals surface area contributed by atoms with Crippen molar-refractivity contribution >= 4 is 15.9 Å². The molecule has 2 fully saturated rings. The summed E-state index contributed by atoms with van der Waals surface area (Å²) >= 11 is 3.53. The van der Waals surface area contributed by atoms with Gasteiger partial charge in [0, 0.05) is 26.1 Å². The van der Waals surface area contributed by atoms with Gasteiger partial charge in [0.15, 0.2) is 0 Å². The van der Waals surface area contributed by atoms with Crippen molar-refractivity contribution in [3.05, 3.63) is 28.7 Å². The van der Waals surface area contributed by atoms with Crippen LogP contribution in [-0.4, -0.2) is 31.5 Å². The Balaban J connectivity index is 1.67. The summed E-state index contributed by atoms with van der Waals surface area (Å²) in [6.45, 7) is 2.40. The van der Waals surface area contributed by atoms with Crippen LogP contribution >= 0.6 is 15.9 Å². The van der Waals surface area contributed by atoms with Gasteiger partial charge < -0.3 is 14.2 Å². The molecule has 0 amide bonds. The number of rotatable bonds is 2. The lowest BCUT2D eigenvalue weighted by Crippen LogP contribution is -2.47. The fraction of sp³-hybridized carbons (Fsp3) is 0.600. The first-order valence-corrected chi connectivity index (χ1v) is 7.70. The zero-order valence-corrected chi connectivity index (χ0v) is 12.5. The Morgan fingerprint density at radius 1 is 1.16 bits per heavy atom. The Morgan fingerprint density at radius 2 is 1.95 bits per heavy atom. The number of para-hydroxylation sites is 1. The van der Waals surface area contributed by atoms with Gasteiger partial charge in [0.2, 0.25) is 0 Å². The van der Waals surface area contributed by atoms with Gasteiger partial charge in [-0.05, 0) is 40.9 Å². The standard InChI is InChI=1S/C15H19BrO3/c16-13-3-1-2-4-14(13)19-12-5-8-18-15(11-12)6-9-17-10-7-15/h1-4,12H,5-11H2. The summed E-state index contributed by atoms with van der Waals surface area (Å²) < 4.78 is 18.6. The Bertz CT molecular complexity index is 424. The Kier molecular flexibility index (Phi) is 4.10. The SMILES string of the molecule is Brc1ccccc1OC1CCOC2(CCOCC2)C1. The van der Waals surface area contributed by atoms with Crippen molar-refractivity contribution < 1.29 is 14.2 Å². The molecule has 3 nitrogen and oxygen atoms in total. The lowest BCUT2D eigenvalue weighted by atomic mass is 9.85. The van der Waals surface area contributed by atoms with Gasteiger partial charge in [-0.1, -0.05) is 12.1 Å². The minimum Gasteiger partial charge on any atom is -0.489 e. The van der Waals surface area contributed by atoms with E-state index in [1.165, 1.54) is 0 Å². The highest BCUT2D eigenvalue weighted by Gasteiger charge is 2.39. The van der Waals surface area contributed by atoms with Gasteiger partial charge in [-0.15, -0.1) is 0 Å². The van der Waals surface area contributed by atoms with Gasteiger partial charge >= 0.3 is 0 Å². The Morgan fingerprint density at radius 3 is 2.74 bits per heavy atom. The molecule has 19 heavy (non-hydrogen) atoms. The predicted octanol–water partition coefficient (Wildman–Crippen LogP) is 3.56. The van der Waals surface area contributed by atoms with E-state index in [0.29, 0.717) is 0 Å². The Labute approximate surface area is 122 Å². The van der Waals surface area contributed by atoms with Gasteiger partial charge in [0.1, 0.15) is 11.9 Å². The maximum Gasteiger partial charge on any atom is 0.133 e. The highest BCUT2D eigenvalue weighted by Crippen LogP contribution is 2.36. The van der Waals surface area contributed by atoms with Crippen LogP contribution in [0.2, 0.25) is 0 Å². The van der Waals surface area contributed by atoms with Gasteiger partial charge in [-0.2, -0.15) is 0 Å². The highest BCUT2D eigenvalue weighted by atomic mass is 79.9. The minimum atomic E-state index is -0.0115. The molecule has 0 radical (unpaired) electrons. The molecule has 1 atom stereocenters. The molecule has 1 aromatic carbocycles. The van der Waals surface area contributed by atoms with Crippen LogP contribution in [0.15, 0.2) is 28.7 Å². The molecular formula is C15H19BrO3. The molecule has 4 heteroatoms. The van der Waals surface area contributed by atoms with Crippen LogP contribution in [0, 0.1) is 0 Å². The van der Waals surface area contributed by atoms with E-state index in [2.05, 4.69) is 15.9 Å². The molecule has 0 N–H and O–H groups in total.